The highest BCUT2D eigenvalue weighted by Crippen LogP contribution is 2.34. The third-order valence-electron chi connectivity index (χ3n) is 5.08. The Bertz CT molecular complexity index is 798. The number of benzene rings is 2. The molecule has 0 aromatic heterocycles. The number of likely N-dealkylation sites (tertiary alicyclic amines) is 1. The monoisotopic (exact) mass is 357 g/mol. The minimum absolute atomic E-state index is 0.271. The van der Waals surface area contributed by atoms with Crippen LogP contribution in [0.2, 0.25) is 0 Å². The highest BCUT2D eigenvalue weighted by molar-refractivity contribution is 7.96. The molecule has 5 nitrogen and oxygen atoms in total. The van der Waals surface area contributed by atoms with Gasteiger partial charge in [-0.2, -0.15) is 0 Å². The molecule has 2 aromatic carbocycles. The van der Waals surface area contributed by atoms with Crippen LogP contribution in [-0.2, 0) is 21.2 Å². The third-order valence-corrected chi connectivity index (χ3v) is 6.54. The smallest absolute Gasteiger partial charge is 0.198 e. The van der Waals surface area contributed by atoms with Crippen LogP contribution in [0.4, 0.5) is 5.69 Å². The number of hydrogen-bond acceptors (Lipinski definition) is 4. The van der Waals surface area contributed by atoms with Crippen molar-refractivity contribution in [2.24, 2.45) is 0 Å². The van der Waals surface area contributed by atoms with Gasteiger partial charge in [-0.15, -0.1) is 4.72 Å². The predicted octanol–water partition coefficient (Wildman–Crippen LogP) is 2.64. The fourth-order valence-electron chi connectivity index (χ4n) is 3.90. The normalized spacial score (nSPS) is 29.6. The van der Waals surface area contributed by atoms with Crippen molar-refractivity contribution >= 4 is 16.1 Å². The van der Waals surface area contributed by atoms with Gasteiger partial charge in [-0.05, 0) is 37.1 Å². The molecule has 2 N–H and O–H groups in total. The van der Waals surface area contributed by atoms with Crippen LogP contribution in [0.1, 0.15) is 18.4 Å². The lowest BCUT2D eigenvalue weighted by Crippen LogP contribution is -2.57. The number of sulfonamides is 1. The first-order valence-corrected chi connectivity index (χ1v) is 10.2. The van der Waals surface area contributed by atoms with Crippen molar-refractivity contribution in [1.82, 2.24) is 9.62 Å². The standard InChI is InChI=1S/C19H23N3O2S/c23-25(24)18-10-5-4-9-17(18)21-19(14-20-25)11-6-12-22(15-19)13-16-7-2-1-3-8-16/h1-5,7-10,21H,6,11-15H2,(H-,20,23,24). The average Bonchev–Trinajstić information content (AvgIpc) is 2.71. The second-order valence-corrected chi connectivity index (χ2v) is 8.76. The highest BCUT2D eigenvalue weighted by Gasteiger charge is 2.42. The fraction of sp³-hybridized carbons (Fsp3) is 0.368. The molecule has 132 valence electrons. The molecule has 2 atom stereocenters. The molecule has 1 spiro atoms. The molecule has 0 radical (unpaired) electrons. The molecule has 1 saturated heterocycles. The molecule has 1 fully saturated rings. The minimum atomic E-state index is -3.46. The summed E-state index contributed by atoms with van der Waals surface area (Å²) in [5.41, 5.74) is 1.72. The zero-order valence-electron chi connectivity index (χ0n) is 14.1. The van der Waals surface area contributed by atoms with Crippen molar-refractivity contribution in [3.63, 3.8) is 0 Å². The molecule has 2 aromatic rings. The molecule has 2 heterocycles. The summed E-state index contributed by atoms with van der Waals surface area (Å²) in [6.45, 7) is 3.15. The quantitative estimate of drug-likeness (QED) is 0.811. The average molecular weight is 357 g/mol. The zero-order valence-corrected chi connectivity index (χ0v) is 14.9. The maximum atomic E-state index is 12.5. The van der Waals surface area contributed by atoms with Gasteiger partial charge >= 0.3 is 0 Å². The Morgan fingerprint density at radius 2 is 1.88 bits per heavy atom. The molecule has 0 bridgehead atoms. The van der Waals surface area contributed by atoms with Crippen LogP contribution >= 0.6 is 0 Å². The number of nitrogens with one attached hydrogen (secondary N) is 2. The lowest BCUT2D eigenvalue weighted by molar-refractivity contribution is 0.156. The van der Waals surface area contributed by atoms with Crippen molar-refractivity contribution < 1.29 is 8.76 Å². The zero-order chi connectivity index (χ0) is 17.3. The van der Waals surface area contributed by atoms with Crippen LogP contribution in [0, 0.1) is 0 Å². The van der Waals surface area contributed by atoms with E-state index in [1.807, 2.05) is 18.2 Å². The lowest BCUT2D eigenvalue weighted by atomic mass is 9.88. The van der Waals surface area contributed by atoms with Gasteiger partial charge in [0.15, 0.2) is 15.3 Å². The highest BCUT2D eigenvalue weighted by atomic mass is 32.3. The topological polar surface area (TPSA) is 67.4 Å². The van der Waals surface area contributed by atoms with Crippen molar-refractivity contribution in [2.45, 2.75) is 29.8 Å². The Kier molecular flexibility index (Phi) is 4.37. The largest absolute Gasteiger partial charge is 0.593 e. The molecule has 2 aliphatic rings. The number of piperidine rings is 1. The van der Waals surface area contributed by atoms with Crippen LogP contribution in [0.3, 0.4) is 0 Å². The second kappa shape index (κ2) is 6.53. The van der Waals surface area contributed by atoms with E-state index in [0.717, 1.165) is 32.5 Å². The van der Waals surface area contributed by atoms with Crippen molar-refractivity contribution in [2.75, 3.05) is 25.0 Å². The molecular formula is C19H23N3O2S. The minimum Gasteiger partial charge on any atom is -0.593 e. The van der Waals surface area contributed by atoms with E-state index in [-0.39, 0.29) is 5.54 Å². The third kappa shape index (κ3) is 3.48. The summed E-state index contributed by atoms with van der Waals surface area (Å²) in [5.74, 6) is 0. The van der Waals surface area contributed by atoms with E-state index in [0.29, 0.717) is 17.1 Å². The van der Waals surface area contributed by atoms with Crippen LogP contribution in [0.25, 0.3) is 0 Å². The number of anilines is 1. The molecule has 6 heteroatoms. The van der Waals surface area contributed by atoms with E-state index in [4.69, 9.17) is 0 Å². The Hall–Kier alpha value is -1.73. The molecule has 0 saturated carbocycles. The number of rotatable bonds is 2. The van der Waals surface area contributed by atoms with Crippen LogP contribution in [0.5, 0.6) is 0 Å². The number of hydrogen-bond donors (Lipinski definition) is 2. The van der Waals surface area contributed by atoms with E-state index < -0.39 is 10.4 Å². The van der Waals surface area contributed by atoms with Crippen molar-refractivity contribution in [3.8, 4) is 0 Å². The van der Waals surface area contributed by atoms with Crippen LogP contribution < -0.4 is 10.0 Å². The fourth-order valence-corrected chi connectivity index (χ4v) is 5.18. The van der Waals surface area contributed by atoms with Gasteiger partial charge in [-0.25, -0.2) is 0 Å². The van der Waals surface area contributed by atoms with E-state index >= 15 is 0 Å². The predicted molar refractivity (Wildman–Crippen MR) is 98.8 cm³/mol. The van der Waals surface area contributed by atoms with E-state index in [9.17, 15) is 8.76 Å². The molecule has 4 rings (SSSR count). The Labute approximate surface area is 149 Å². The van der Waals surface area contributed by atoms with Crippen molar-refractivity contribution in [1.29, 1.82) is 0 Å². The summed E-state index contributed by atoms with van der Waals surface area (Å²) < 4.78 is 27.9. The van der Waals surface area contributed by atoms with E-state index in [2.05, 4.69) is 39.2 Å². The van der Waals surface area contributed by atoms with Gasteiger partial charge in [0.25, 0.3) is 0 Å². The summed E-state index contributed by atoms with van der Waals surface area (Å²) in [6, 6.07) is 17.6. The second-order valence-electron chi connectivity index (χ2n) is 7.03. The van der Waals surface area contributed by atoms with Gasteiger partial charge in [0.2, 0.25) is 0 Å². The first-order chi connectivity index (χ1) is 12.1. The molecular weight excluding hydrogens is 334 g/mol. The first kappa shape index (κ1) is 16.7. The Morgan fingerprint density at radius 1 is 1.12 bits per heavy atom. The summed E-state index contributed by atoms with van der Waals surface area (Å²) in [4.78, 5) is 2.75. The Morgan fingerprint density at radius 3 is 2.72 bits per heavy atom. The van der Waals surface area contributed by atoms with Crippen LogP contribution in [0.15, 0.2) is 59.5 Å². The maximum absolute atomic E-state index is 12.5. The van der Waals surface area contributed by atoms with Gasteiger partial charge in [-0.1, -0.05) is 46.7 Å². The van der Waals surface area contributed by atoms with Gasteiger partial charge in [0, 0.05) is 13.1 Å². The number of fused-ring (bicyclic) bond motifs is 1. The summed E-state index contributed by atoms with van der Waals surface area (Å²) in [7, 11) is -3.46. The SMILES string of the molecule is O=[S+]1([O-])NCC2(CCCN(Cc3ccccc3)C2)Nc2ccccc21. The maximum Gasteiger partial charge on any atom is 0.198 e. The summed E-state index contributed by atoms with van der Waals surface area (Å²) in [6.07, 6.45) is 2.00. The lowest BCUT2D eigenvalue weighted by Gasteiger charge is -2.42. The summed E-state index contributed by atoms with van der Waals surface area (Å²) >= 11 is 0. The first-order valence-electron chi connectivity index (χ1n) is 8.70. The van der Waals surface area contributed by atoms with Gasteiger partial charge < -0.3 is 9.87 Å². The molecule has 0 amide bonds. The van der Waals surface area contributed by atoms with Gasteiger partial charge in [0.1, 0.15) is 0 Å². The van der Waals surface area contributed by atoms with E-state index in [1.54, 1.807) is 12.1 Å². The van der Waals surface area contributed by atoms with E-state index in [1.165, 1.54) is 5.56 Å². The Balaban J connectivity index is 1.58. The van der Waals surface area contributed by atoms with Crippen molar-refractivity contribution in [3.05, 3.63) is 60.2 Å². The molecule has 2 unspecified atom stereocenters. The molecule has 2 aliphatic heterocycles. The summed E-state index contributed by atoms with van der Waals surface area (Å²) in [5, 5.41) is 3.56. The molecule has 0 aliphatic carbocycles. The number of nitrogens with zero attached hydrogens (tertiary/aromatic N) is 1. The van der Waals surface area contributed by atoms with Crippen LogP contribution in [-0.4, -0.2) is 34.6 Å². The number of para-hydroxylation sites is 1. The van der Waals surface area contributed by atoms with Gasteiger partial charge in [-0.3, -0.25) is 4.90 Å². The van der Waals surface area contributed by atoms with Gasteiger partial charge in [0.05, 0.1) is 17.8 Å². The molecule has 25 heavy (non-hydrogen) atoms.